The predicted octanol–water partition coefficient (Wildman–Crippen LogP) is 4.03. The smallest absolute Gasteiger partial charge is 0.421 e. The average molecular weight is 480 g/mol. The van der Waals surface area contributed by atoms with Crippen molar-refractivity contribution in [1.82, 2.24) is 0 Å². The van der Waals surface area contributed by atoms with Gasteiger partial charge in [0.15, 0.2) is 0 Å². The number of allylic oxidation sites excluding steroid dienone is 2. The first-order valence-corrected chi connectivity index (χ1v) is 11.8. The van der Waals surface area contributed by atoms with Crippen LogP contribution in [0.5, 0.6) is 0 Å². The highest BCUT2D eigenvalue weighted by Crippen LogP contribution is 2.55. The molecule has 0 saturated carbocycles. The number of ether oxygens (including phenoxy) is 2. The molecule has 2 heterocycles. The second-order valence-corrected chi connectivity index (χ2v) is 10.1. The summed E-state index contributed by atoms with van der Waals surface area (Å²) in [6.07, 6.45) is -0.511. The molecule has 9 heteroatoms. The molecule has 0 bridgehead atoms. The molecule has 0 aromatic heterocycles. The van der Waals surface area contributed by atoms with Gasteiger partial charge >= 0.3 is 12.1 Å². The SMILES string of the molecule is C=C(C(=O)OC)[C@]1([C@@H]2CSCCC2=C(C#N)C#N)C(=O)N(C(=O)OC(C)(C)C)c2ccccc21. The normalized spacial score (nSPS) is 21.7. The Labute approximate surface area is 202 Å². The number of amides is 2. The number of nitriles is 2. The lowest BCUT2D eigenvalue weighted by Crippen LogP contribution is -2.52. The van der Waals surface area contributed by atoms with Crippen LogP contribution in [0.2, 0.25) is 0 Å². The second kappa shape index (κ2) is 9.36. The highest BCUT2D eigenvalue weighted by molar-refractivity contribution is 7.99. The molecule has 1 aromatic rings. The van der Waals surface area contributed by atoms with Crippen molar-refractivity contribution in [1.29, 1.82) is 10.5 Å². The summed E-state index contributed by atoms with van der Waals surface area (Å²) < 4.78 is 10.5. The molecule has 0 aliphatic carbocycles. The van der Waals surface area contributed by atoms with Crippen molar-refractivity contribution in [3.05, 3.63) is 53.1 Å². The number of anilines is 1. The molecule has 0 N–H and O–H groups in total. The molecule has 3 rings (SSSR count). The number of carbonyl (C=O) groups excluding carboxylic acids is 3. The van der Waals surface area contributed by atoms with Crippen molar-refractivity contribution in [3.63, 3.8) is 0 Å². The Morgan fingerprint density at radius 3 is 2.47 bits per heavy atom. The minimum Gasteiger partial charge on any atom is -0.466 e. The number of thioether (sulfide) groups is 1. The third-order valence-corrected chi connectivity index (χ3v) is 6.94. The van der Waals surface area contributed by atoms with E-state index in [1.54, 1.807) is 45.0 Å². The predicted molar refractivity (Wildman–Crippen MR) is 127 cm³/mol. The Hall–Kier alpha value is -3.56. The van der Waals surface area contributed by atoms with Gasteiger partial charge in [-0.25, -0.2) is 14.5 Å². The highest BCUT2D eigenvalue weighted by Gasteiger charge is 2.62. The number of para-hydroxylation sites is 1. The van der Waals surface area contributed by atoms with Crippen LogP contribution >= 0.6 is 11.8 Å². The van der Waals surface area contributed by atoms with E-state index in [2.05, 4.69) is 6.58 Å². The number of esters is 1. The Morgan fingerprint density at radius 1 is 1.24 bits per heavy atom. The number of nitrogens with zero attached hydrogens (tertiary/aromatic N) is 3. The average Bonchev–Trinajstić information content (AvgIpc) is 3.07. The zero-order chi connectivity index (χ0) is 25.3. The Kier molecular flexibility index (Phi) is 6.90. The standard InChI is InChI=1S/C25H25N3O5S/c1-15(21(29)32-5)25(19-14-34-11-10-17(19)16(12-26)13-27)18-8-6-7-9-20(18)28(22(25)30)23(31)33-24(2,3)4/h6-9,19H,1,10-11,14H2,2-5H3/t19-,25+/m1/s1. The lowest BCUT2D eigenvalue weighted by Gasteiger charge is -2.40. The third-order valence-electron chi connectivity index (χ3n) is 5.88. The van der Waals surface area contributed by atoms with E-state index in [-0.39, 0.29) is 16.8 Å². The van der Waals surface area contributed by atoms with Crippen molar-refractivity contribution in [3.8, 4) is 12.1 Å². The maximum atomic E-state index is 14.3. The van der Waals surface area contributed by atoms with Gasteiger partial charge in [-0.3, -0.25) is 4.79 Å². The zero-order valence-corrected chi connectivity index (χ0v) is 20.3. The number of hydrogen-bond acceptors (Lipinski definition) is 8. The Bertz CT molecular complexity index is 1170. The van der Waals surface area contributed by atoms with Crippen molar-refractivity contribution in [2.75, 3.05) is 23.5 Å². The number of methoxy groups -OCH3 is 1. The van der Waals surface area contributed by atoms with Gasteiger partial charge in [-0.1, -0.05) is 24.8 Å². The summed E-state index contributed by atoms with van der Waals surface area (Å²) in [6.45, 7) is 9.00. The van der Waals surface area contributed by atoms with Gasteiger partial charge in [-0.15, -0.1) is 0 Å². The summed E-state index contributed by atoms with van der Waals surface area (Å²) in [6, 6.07) is 10.5. The van der Waals surface area contributed by atoms with E-state index < -0.39 is 34.9 Å². The van der Waals surface area contributed by atoms with Gasteiger partial charge < -0.3 is 9.47 Å². The lowest BCUT2D eigenvalue weighted by molar-refractivity contribution is -0.139. The van der Waals surface area contributed by atoms with E-state index in [9.17, 15) is 24.9 Å². The van der Waals surface area contributed by atoms with Crippen LogP contribution in [-0.2, 0) is 24.5 Å². The van der Waals surface area contributed by atoms with Crippen LogP contribution in [0.1, 0.15) is 32.8 Å². The van der Waals surface area contributed by atoms with Crippen LogP contribution in [0.15, 0.2) is 47.6 Å². The van der Waals surface area contributed by atoms with Crippen LogP contribution in [0.25, 0.3) is 0 Å². The quantitative estimate of drug-likeness (QED) is 0.362. The molecule has 1 saturated heterocycles. The summed E-state index contributed by atoms with van der Waals surface area (Å²) in [5.41, 5.74) is -1.80. The van der Waals surface area contributed by atoms with Gasteiger partial charge in [0.05, 0.1) is 18.4 Å². The first-order chi connectivity index (χ1) is 16.0. The van der Waals surface area contributed by atoms with E-state index in [4.69, 9.17) is 9.47 Å². The number of fused-ring (bicyclic) bond motifs is 1. The van der Waals surface area contributed by atoms with Gasteiger partial charge in [0, 0.05) is 11.7 Å². The van der Waals surface area contributed by atoms with E-state index >= 15 is 0 Å². The van der Waals surface area contributed by atoms with Crippen LogP contribution in [-0.4, -0.2) is 42.2 Å². The molecule has 0 unspecified atom stereocenters. The first-order valence-electron chi connectivity index (χ1n) is 10.6. The Balaban J connectivity index is 2.36. The zero-order valence-electron chi connectivity index (χ0n) is 19.5. The lowest BCUT2D eigenvalue weighted by atomic mass is 9.63. The molecule has 0 radical (unpaired) electrons. The highest BCUT2D eigenvalue weighted by atomic mass is 32.2. The van der Waals surface area contributed by atoms with Crippen LogP contribution in [0, 0.1) is 28.6 Å². The number of benzene rings is 1. The largest absolute Gasteiger partial charge is 0.466 e. The van der Waals surface area contributed by atoms with Crippen LogP contribution in [0.3, 0.4) is 0 Å². The monoisotopic (exact) mass is 479 g/mol. The second-order valence-electron chi connectivity index (χ2n) is 8.92. The molecule has 2 atom stereocenters. The summed E-state index contributed by atoms with van der Waals surface area (Å²) in [7, 11) is 1.18. The molecule has 8 nitrogen and oxygen atoms in total. The van der Waals surface area contributed by atoms with E-state index in [1.165, 1.54) is 18.9 Å². The molecular formula is C25H25N3O5S. The number of imide groups is 1. The third kappa shape index (κ3) is 3.97. The molecular weight excluding hydrogens is 454 g/mol. The van der Waals surface area contributed by atoms with Crippen molar-refractivity contribution >= 4 is 35.4 Å². The number of rotatable bonds is 3. The van der Waals surface area contributed by atoms with Gasteiger partial charge in [0.1, 0.15) is 28.7 Å². The van der Waals surface area contributed by atoms with E-state index in [0.29, 0.717) is 29.1 Å². The molecule has 1 fully saturated rings. The molecule has 2 aliphatic heterocycles. The minimum absolute atomic E-state index is 0.108. The van der Waals surface area contributed by atoms with Crippen molar-refractivity contribution < 1.29 is 23.9 Å². The molecule has 176 valence electrons. The number of hydrogen-bond donors (Lipinski definition) is 0. The first kappa shape index (κ1) is 25.1. The molecule has 1 aromatic carbocycles. The topological polar surface area (TPSA) is 120 Å². The summed E-state index contributed by atoms with van der Waals surface area (Å²) in [4.78, 5) is 41.3. The van der Waals surface area contributed by atoms with Crippen molar-refractivity contribution in [2.24, 2.45) is 5.92 Å². The van der Waals surface area contributed by atoms with Gasteiger partial charge in [0.2, 0.25) is 0 Å². The van der Waals surface area contributed by atoms with Crippen molar-refractivity contribution in [2.45, 2.75) is 38.2 Å². The molecule has 2 aliphatic rings. The summed E-state index contributed by atoms with van der Waals surface area (Å²) in [5.74, 6) is -1.34. The molecule has 34 heavy (non-hydrogen) atoms. The fraction of sp³-hybridized carbons (Fsp3) is 0.400. The van der Waals surface area contributed by atoms with Gasteiger partial charge in [-0.2, -0.15) is 22.3 Å². The fourth-order valence-electron chi connectivity index (χ4n) is 4.53. The number of carbonyl (C=O) groups is 3. The fourth-order valence-corrected chi connectivity index (χ4v) is 5.74. The van der Waals surface area contributed by atoms with E-state index in [0.717, 1.165) is 4.90 Å². The van der Waals surface area contributed by atoms with Gasteiger partial charge in [0.25, 0.3) is 5.91 Å². The van der Waals surface area contributed by atoms with Crippen LogP contribution < -0.4 is 4.90 Å². The maximum absolute atomic E-state index is 14.3. The van der Waals surface area contributed by atoms with E-state index in [1.807, 2.05) is 12.1 Å². The maximum Gasteiger partial charge on any atom is 0.421 e. The minimum atomic E-state index is -1.75. The molecule has 0 spiro atoms. The summed E-state index contributed by atoms with van der Waals surface area (Å²) >= 11 is 1.53. The molecule has 2 amide bonds. The van der Waals surface area contributed by atoms with Gasteiger partial charge in [-0.05, 0) is 50.1 Å². The Morgan fingerprint density at radius 2 is 1.88 bits per heavy atom. The summed E-state index contributed by atoms with van der Waals surface area (Å²) in [5, 5.41) is 19.3. The van der Waals surface area contributed by atoms with Crippen LogP contribution in [0.4, 0.5) is 10.5 Å².